The second-order valence-electron chi connectivity index (χ2n) is 5.58. The van der Waals surface area contributed by atoms with Gasteiger partial charge in [0.15, 0.2) is 0 Å². The second kappa shape index (κ2) is 3.73. The van der Waals surface area contributed by atoms with Gasteiger partial charge in [0.25, 0.3) is 0 Å². The average Bonchev–Trinajstić information content (AvgIpc) is 2.80. The van der Waals surface area contributed by atoms with E-state index in [-0.39, 0.29) is 5.38 Å². The molecule has 0 saturated heterocycles. The highest BCUT2D eigenvalue weighted by Gasteiger charge is 2.47. The van der Waals surface area contributed by atoms with E-state index in [1.807, 2.05) is 11.3 Å². The first-order chi connectivity index (χ1) is 8.33. The quantitative estimate of drug-likeness (QED) is 0.651. The molecule has 0 aliphatic heterocycles. The number of hydrogen-bond donors (Lipinski definition) is 0. The third-order valence-corrected chi connectivity index (χ3v) is 6.08. The molecule has 4 rings (SSSR count). The molecular weight excluding hydrogens is 248 g/mol. The number of hydrogen-bond acceptors (Lipinski definition) is 1. The van der Waals surface area contributed by atoms with Crippen LogP contribution in [0.25, 0.3) is 10.1 Å². The van der Waals surface area contributed by atoms with Crippen LogP contribution in [0, 0.1) is 17.8 Å². The van der Waals surface area contributed by atoms with Crippen LogP contribution in [0.15, 0.2) is 29.6 Å². The number of alkyl halides is 1. The minimum absolute atomic E-state index is 0.235. The molecule has 1 aromatic heterocycles. The number of halogens is 1. The summed E-state index contributed by atoms with van der Waals surface area (Å²) >= 11 is 8.55. The van der Waals surface area contributed by atoms with Crippen LogP contribution in [-0.4, -0.2) is 0 Å². The van der Waals surface area contributed by atoms with Crippen molar-refractivity contribution in [1.29, 1.82) is 0 Å². The lowest BCUT2D eigenvalue weighted by atomic mass is 9.94. The van der Waals surface area contributed by atoms with E-state index >= 15 is 0 Å². The summed E-state index contributed by atoms with van der Waals surface area (Å²) < 4.78 is 1.37. The highest BCUT2D eigenvalue weighted by atomic mass is 35.5. The molecule has 2 aliphatic carbocycles. The van der Waals surface area contributed by atoms with Crippen LogP contribution in [0.2, 0.25) is 0 Å². The van der Waals surface area contributed by atoms with Gasteiger partial charge in [0, 0.05) is 4.70 Å². The molecular formula is C15H15ClS. The molecule has 0 radical (unpaired) electrons. The Balaban J connectivity index is 1.68. The van der Waals surface area contributed by atoms with Crippen molar-refractivity contribution in [2.45, 2.75) is 24.6 Å². The van der Waals surface area contributed by atoms with Gasteiger partial charge in [-0.25, -0.2) is 0 Å². The summed E-state index contributed by atoms with van der Waals surface area (Å²) in [6.45, 7) is 0. The Labute approximate surface area is 111 Å². The Bertz CT molecular complexity index is 549. The Morgan fingerprint density at radius 1 is 1.12 bits per heavy atom. The van der Waals surface area contributed by atoms with Gasteiger partial charge in [-0.2, -0.15) is 0 Å². The van der Waals surface area contributed by atoms with Gasteiger partial charge in [-0.1, -0.05) is 18.2 Å². The summed E-state index contributed by atoms with van der Waals surface area (Å²) in [5.41, 5.74) is 1.37. The monoisotopic (exact) mass is 262 g/mol. The molecule has 0 nitrogen and oxygen atoms in total. The molecule has 3 atom stereocenters. The summed E-state index contributed by atoms with van der Waals surface area (Å²) in [6, 6.07) is 8.64. The Morgan fingerprint density at radius 2 is 1.88 bits per heavy atom. The van der Waals surface area contributed by atoms with Crippen LogP contribution in [0.3, 0.4) is 0 Å². The van der Waals surface area contributed by atoms with Gasteiger partial charge in [-0.05, 0) is 59.4 Å². The number of fused-ring (bicyclic) bond motifs is 2. The van der Waals surface area contributed by atoms with E-state index in [1.54, 1.807) is 0 Å². The van der Waals surface area contributed by atoms with E-state index in [2.05, 4.69) is 29.6 Å². The predicted octanol–water partition coefficient (Wildman–Crippen LogP) is 5.23. The van der Waals surface area contributed by atoms with Crippen molar-refractivity contribution in [2.75, 3.05) is 0 Å². The lowest BCUT2D eigenvalue weighted by Crippen LogP contribution is -2.05. The van der Waals surface area contributed by atoms with Gasteiger partial charge in [-0.3, -0.25) is 0 Å². The molecule has 0 amide bonds. The maximum absolute atomic E-state index is 6.73. The minimum Gasteiger partial charge on any atom is -0.143 e. The zero-order valence-electron chi connectivity index (χ0n) is 9.60. The summed E-state index contributed by atoms with van der Waals surface area (Å²) in [5.74, 6) is 2.76. The first kappa shape index (κ1) is 10.4. The third-order valence-electron chi connectivity index (χ3n) is 4.50. The predicted molar refractivity (Wildman–Crippen MR) is 74.7 cm³/mol. The van der Waals surface area contributed by atoms with E-state index in [9.17, 15) is 0 Å². The lowest BCUT2D eigenvalue weighted by molar-refractivity contribution is 0.473. The van der Waals surface area contributed by atoms with Gasteiger partial charge in [-0.15, -0.1) is 22.9 Å². The fraction of sp³-hybridized carbons (Fsp3) is 0.467. The summed E-state index contributed by atoms with van der Waals surface area (Å²) in [6.07, 6.45) is 4.20. The first-order valence-corrected chi connectivity index (χ1v) is 7.74. The fourth-order valence-corrected chi connectivity index (χ4v) is 4.92. The van der Waals surface area contributed by atoms with Crippen LogP contribution in [0.4, 0.5) is 0 Å². The van der Waals surface area contributed by atoms with Crippen LogP contribution in [0.1, 0.15) is 30.2 Å². The largest absolute Gasteiger partial charge is 0.143 e. The molecule has 0 bridgehead atoms. The van der Waals surface area contributed by atoms with Crippen LogP contribution in [0.5, 0.6) is 0 Å². The van der Waals surface area contributed by atoms with Gasteiger partial charge in [0.2, 0.25) is 0 Å². The molecule has 17 heavy (non-hydrogen) atoms. The van der Waals surface area contributed by atoms with Gasteiger partial charge >= 0.3 is 0 Å². The summed E-state index contributed by atoms with van der Waals surface area (Å²) in [7, 11) is 0. The molecule has 2 aliphatic rings. The Hall–Kier alpha value is -0.530. The van der Waals surface area contributed by atoms with Crippen LogP contribution >= 0.6 is 22.9 Å². The van der Waals surface area contributed by atoms with Gasteiger partial charge in [0.05, 0.1) is 5.38 Å². The van der Waals surface area contributed by atoms with Crippen molar-refractivity contribution in [2.24, 2.45) is 17.8 Å². The first-order valence-electron chi connectivity index (χ1n) is 6.43. The summed E-state index contributed by atoms with van der Waals surface area (Å²) in [4.78, 5) is 0. The van der Waals surface area contributed by atoms with E-state index in [0.29, 0.717) is 0 Å². The normalized spacial score (nSPS) is 32.6. The van der Waals surface area contributed by atoms with Crippen LogP contribution in [-0.2, 0) is 0 Å². The van der Waals surface area contributed by atoms with Crippen molar-refractivity contribution in [3.05, 3.63) is 35.2 Å². The molecule has 3 unspecified atom stereocenters. The van der Waals surface area contributed by atoms with Gasteiger partial charge < -0.3 is 0 Å². The zero-order valence-corrected chi connectivity index (χ0v) is 11.2. The molecule has 1 heterocycles. The molecule has 2 saturated carbocycles. The summed E-state index contributed by atoms with van der Waals surface area (Å²) in [5, 5.41) is 3.88. The standard InChI is InChI=1S/C15H15ClS/c16-15(11-6-9-5-10(9)7-11)13-8-17-14-4-2-1-3-12(13)14/h1-4,8-11,15H,5-7H2. The molecule has 88 valence electrons. The highest BCUT2D eigenvalue weighted by Crippen LogP contribution is 2.58. The Morgan fingerprint density at radius 3 is 2.71 bits per heavy atom. The van der Waals surface area contributed by atoms with E-state index in [0.717, 1.165) is 17.8 Å². The molecule has 2 aromatic rings. The fourth-order valence-electron chi connectivity index (χ4n) is 3.47. The van der Waals surface area contributed by atoms with E-state index in [4.69, 9.17) is 11.6 Å². The smallest absolute Gasteiger partial charge is 0.0627 e. The molecule has 1 aromatic carbocycles. The molecule has 2 heteroatoms. The maximum Gasteiger partial charge on any atom is 0.0627 e. The minimum atomic E-state index is 0.235. The van der Waals surface area contributed by atoms with Crippen molar-refractivity contribution < 1.29 is 0 Å². The zero-order chi connectivity index (χ0) is 11.4. The van der Waals surface area contributed by atoms with E-state index < -0.39 is 0 Å². The van der Waals surface area contributed by atoms with Crippen LogP contribution < -0.4 is 0 Å². The number of benzene rings is 1. The van der Waals surface area contributed by atoms with Gasteiger partial charge in [0.1, 0.15) is 0 Å². The van der Waals surface area contributed by atoms with Crippen molar-refractivity contribution >= 4 is 33.0 Å². The SMILES string of the molecule is ClC(c1csc2ccccc12)C1CC2CC2C1. The molecule has 2 fully saturated rings. The molecule has 0 N–H and O–H groups in total. The third kappa shape index (κ3) is 1.63. The Kier molecular flexibility index (Phi) is 2.28. The number of rotatable bonds is 2. The topological polar surface area (TPSA) is 0 Å². The van der Waals surface area contributed by atoms with Crippen molar-refractivity contribution in [3.8, 4) is 0 Å². The lowest BCUT2D eigenvalue weighted by Gasteiger charge is -2.18. The molecule has 0 spiro atoms. The number of thiophene rings is 1. The van der Waals surface area contributed by atoms with Crippen molar-refractivity contribution in [1.82, 2.24) is 0 Å². The van der Waals surface area contributed by atoms with Crippen molar-refractivity contribution in [3.63, 3.8) is 0 Å². The van der Waals surface area contributed by atoms with E-state index in [1.165, 1.54) is 34.9 Å². The average molecular weight is 263 g/mol. The second-order valence-corrected chi connectivity index (χ2v) is 6.96. The maximum atomic E-state index is 6.73. The highest BCUT2D eigenvalue weighted by molar-refractivity contribution is 7.17.